The molecule has 2 N–H and O–H groups in total. The van der Waals surface area contributed by atoms with E-state index in [0.717, 1.165) is 6.42 Å². The number of carbonyl (C=O) groups is 1. The molecular formula is C34H47N3O2. The predicted molar refractivity (Wildman–Crippen MR) is 161 cm³/mol. The summed E-state index contributed by atoms with van der Waals surface area (Å²) in [6, 6.07) is 30.9. The lowest BCUT2D eigenvalue weighted by Gasteiger charge is -2.38. The van der Waals surface area contributed by atoms with Gasteiger partial charge < -0.3 is 15.3 Å². The fourth-order valence-corrected chi connectivity index (χ4v) is 4.73. The Morgan fingerprint density at radius 3 is 1.69 bits per heavy atom. The van der Waals surface area contributed by atoms with Crippen molar-refractivity contribution in [2.24, 2.45) is 5.92 Å². The van der Waals surface area contributed by atoms with Gasteiger partial charge in [0.05, 0.1) is 6.10 Å². The van der Waals surface area contributed by atoms with Gasteiger partial charge in [0.1, 0.15) is 0 Å². The van der Waals surface area contributed by atoms with Crippen LogP contribution in [0.1, 0.15) is 57.7 Å². The van der Waals surface area contributed by atoms with Gasteiger partial charge in [-0.15, -0.1) is 0 Å². The summed E-state index contributed by atoms with van der Waals surface area (Å²) in [6.07, 6.45) is 0.821. The lowest BCUT2D eigenvalue weighted by atomic mass is 9.97. The van der Waals surface area contributed by atoms with Crippen molar-refractivity contribution in [3.05, 3.63) is 108 Å². The van der Waals surface area contributed by atoms with Crippen LogP contribution in [0.15, 0.2) is 91.0 Å². The Labute approximate surface area is 235 Å². The average Bonchev–Trinajstić information content (AvgIpc) is 2.90. The molecular weight excluding hydrogens is 482 g/mol. The van der Waals surface area contributed by atoms with E-state index in [0.29, 0.717) is 32.0 Å². The highest BCUT2D eigenvalue weighted by molar-refractivity contribution is 5.75. The molecule has 210 valence electrons. The molecule has 0 aliphatic carbocycles. The number of amides is 2. The van der Waals surface area contributed by atoms with Crippen LogP contribution in [0.2, 0.25) is 0 Å². The number of hydrogen-bond acceptors (Lipinski definition) is 3. The lowest BCUT2D eigenvalue weighted by Crippen LogP contribution is -2.54. The molecule has 0 unspecified atom stereocenters. The number of benzene rings is 3. The maximum absolute atomic E-state index is 13.3. The first-order valence-electron chi connectivity index (χ1n) is 14.2. The molecule has 39 heavy (non-hydrogen) atoms. The zero-order chi connectivity index (χ0) is 28.3. The third kappa shape index (κ3) is 10.9. The molecule has 0 aliphatic rings. The van der Waals surface area contributed by atoms with Gasteiger partial charge in [-0.2, -0.15) is 0 Å². The van der Waals surface area contributed by atoms with E-state index in [1.54, 1.807) is 4.90 Å². The van der Waals surface area contributed by atoms with Gasteiger partial charge in [0.15, 0.2) is 0 Å². The molecule has 5 nitrogen and oxygen atoms in total. The summed E-state index contributed by atoms with van der Waals surface area (Å²) in [5.74, 6) is 0.458. The van der Waals surface area contributed by atoms with E-state index in [9.17, 15) is 9.90 Å². The number of aliphatic hydroxyl groups excluding tert-OH is 1. The smallest absolute Gasteiger partial charge is 0.317 e. The second-order valence-electron chi connectivity index (χ2n) is 12.0. The molecule has 2 amide bonds. The van der Waals surface area contributed by atoms with Crippen LogP contribution < -0.4 is 5.32 Å². The molecule has 0 radical (unpaired) electrons. The monoisotopic (exact) mass is 529 g/mol. The number of hydrogen-bond donors (Lipinski definition) is 2. The van der Waals surface area contributed by atoms with Crippen LogP contribution in [0.5, 0.6) is 0 Å². The topological polar surface area (TPSA) is 55.8 Å². The largest absolute Gasteiger partial charge is 0.390 e. The van der Waals surface area contributed by atoms with E-state index in [-0.39, 0.29) is 24.2 Å². The van der Waals surface area contributed by atoms with Crippen molar-refractivity contribution < 1.29 is 9.90 Å². The van der Waals surface area contributed by atoms with Gasteiger partial charge in [0.25, 0.3) is 0 Å². The van der Waals surface area contributed by atoms with Crippen LogP contribution in [-0.4, -0.2) is 51.7 Å². The van der Waals surface area contributed by atoms with Gasteiger partial charge in [-0.3, -0.25) is 4.90 Å². The number of urea groups is 1. The van der Waals surface area contributed by atoms with Crippen LogP contribution in [0.3, 0.4) is 0 Å². The number of carbonyl (C=O) groups excluding carboxylic acids is 1. The second kappa shape index (κ2) is 14.9. The Morgan fingerprint density at radius 1 is 0.795 bits per heavy atom. The van der Waals surface area contributed by atoms with Crippen molar-refractivity contribution in [2.45, 2.75) is 78.2 Å². The SMILES string of the molecule is CC(C)CCN(C[C@@H](O)[C@H](Cc1ccccc1)N(Cc1ccccc1)Cc1ccccc1)C(=O)NC(C)(C)C. The zero-order valence-electron chi connectivity index (χ0n) is 24.4. The van der Waals surface area contributed by atoms with Crippen LogP contribution >= 0.6 is 0 Å². The fraction of sp³-hybridized carbons (Fsp3) is 0.441. The maximum atomic E-state index is 13.3. The molecule has 0 spiro atoms. The van der Waals surface area contributed by atoms with Crippen molar-refractivity contribution in [1.29, 1.82) is 0 Å². The summed E-state index contributed by atoms with van der Waals surface area (Å²) in [5.41, 5.74) is 3.20. The van der Waals surface area contributed by atoms with E-state index in [4.69, 9.17) is 0 Å². The minimum atomic E-state index is -0.740. The Morgan fingerprint density at radius 2 is 1.26 bits per heavy atom. The summed E-state index contributed by atoms with van der Waals surface area (Å²) in [4.78, 5) is 17.5. The van der Waals surface area contributed by atoms with Crippen molar-refractivity contribution in [3.8, 4) is 0 Å². The number of aliphatic hydroxyl groups is 1. The Hall–Kier alpha value is -3.15. The molecule has 0 bridgehead atoms. The van der Waals surface area contributed by atoms with Crippen molar-refractivity contribution >= 4 is 6.03 Å². The molecule has 0 fully saturated rings. The summed E-state index contributed by atoms with van der Waals surface area (Å²) >= 11 is 0. The summed E-state index contributed by atoms with van der Waals surface area (Å²) in [5, 5.41) is 15.0. The molecule has 0 saturated carbocycles. The quantitative estimate of drug-likeness (QED) is 0.265. The highest BCUT2D eigenvalue weighted by Crippen LogP contribution is 2.21. The molecule has 0 heterocycles. The van der Waals surface area contributed by atoms with E-state index in [2.05, 4.69) is 84.7 Å². The summed E-state index contributed by atoms with van der Waals surface area (Å²) < 4.78 is 0. The molecule has 2 atom stereocenters. The number of nitrogens with zero attached hydrogens (tertiary/aromatic N) is 2. The van der Waals surface area contributed by atoms with Gasteiger partial charge in [0.2, 0.25) is 0 Å². The Balaban J connectivity index is 1.94. The summed E-state index contributed by atoms with van der Waals surface area (Å²) in [6.45, 7) is 12.6. The first-order chi connectivity index (χ1) is 18.6. The van der Waals surface area contributed by atoms with Crippen LogP contribution in [0, 0.1) is 5.92 Å². The van der Waals surface area contributed by atoms with Crippen molar-refractivity contribution in [2.75, 3.05) is 13.1 Å². The van der Waals surface area contributed by atoms with E-state index >= 15 is 0 Å². The maximum Gasteiger partial charge on any atom is 0.317 e. The highest BCUT2D eigenvalue weighted by atomic mass is 16.3. The standard InChI is InChI=1S/C34H47N3O2/c1-27(2)21-22-36(33(39)35-34(3,4)5)26-32(38)31(23-28-15-9-6-10-16-28)37(24-29-17-11-7-12-18-29)25-30-19-13-8-14-20-30/h6-20,27,31-32,38H,21-26H2,1-5H3,(H,35,39)/t31-,32+/m0/s1. The Kier molecular flexibility index (Phi) is 11.6. The van der Waals surface area contributed by atoms with Crippen molar-refractivity contribution in [1.82, 2.24) is 15.1 Å². The van der Waals surface area contributed by atoms with Gasteiger partial charge >= 0.3 is 6.03 Å². The molecule has 0 aromatic heterocycles. The zero-order valence-corrected chi connectivity index (χ0v) is 24.4. The Bertz CT molecular complexity index is 1060. The molecule has 3 aromatic carbocycles. The van der Waals surface area contributed by atoms with Crippen LogP contribution in [0.4, 0.5) is 4.79 Å². The number of rotatable bonds is 13. The van der Waals surface area contributed by atoms with E-state index in [1.165, 1.54) is 16.7 Å². The van der Waals surface area contributed by atoms with Gasteiger partial charge in [-0.1, -0.05) is 105 Å². The molecule has 0 saturated heterocycles. The first kappa shape index (κ1) is 30.4. The molecule has 5 heteroatoms. The van der Waals surface area contributed by atoms with Crippen LogP contribution in [0.25, 0.3) is 0 Å². The van der Waals surface area contributed by atoms with Gasteiger partial charge in [-0.05, 0) is 56.2 Å². The highest BCUT2D eigenvalue weighted by Gasteiger charge is 2.30. The third-order valence-electron chi connectivity index (χ3n) is 6.81. The average molecular weight is 530 g/mol. The fourth-order valence-electron chi connectivity index (χ4n) is 4.73. The number of nitrogens with one attached hydrogen (secondary N) is 1. The summed E-state index contributed by atoms with van der Waals surface area (Å²) in [7, 11) is 0. The lowest BCUT2D eigenvalue weighted by molar-refractivity contribution is 0.0211. The molecule has 3 rings (SSSR count). The normalized spacial score (nSPS) is 13.3. The minimum Gasteiger partial charge on any atom is -0.390 e. The third-order valence-corrected chi connectivity index (χ3v) is 6.81. The predicted octanol–water partition coefficient (Wildman–Crippen LogP) is 6.52. The first-order valence-corrected chi connectivity index (χ1v) is 14.2. The van der Waals surface area contributed by atoms with E-state index < -0.39 is 6.10 Å². The minimum absolute atomic E-state index is 0.127. The van der Waals surface area contributed by atoms with Gasteiger partial charge in [-0.25, -0.2) is 4.79 Å². The molecule has 0 aliphatic heterocycles. The van der Waals surface area contributed by atoms with Crippen molar-refractivity contribution in [3.63, 3.8) is 0 Å². The molecule has 3 aromatic rings. The second-order valence-corrected chi connectivity index (χ2v) is 12.0. The van der Waals surface area contributed by atoms with E-state index in [1.807, 2.05) is 51.1 Å². The van der Waals surface area contributed by atoms with Crippen LogP contribution in [-0.2, 0) is 19.5 Å². The van der Waals surface area contributed by atoms with Gasteiger partial charge in [0, 0.05) is 37.8 Å².